The van der Waals surface area contributed by atoms with Crippen LogP contribution >= 0.6 is 0 Å². The molecule has 0 saturated heterocycles. The van der Waals surface area contributed by atoms with Crippen LogP contribution in [0.15, 0.2) is 6.07 Å². The smallest absolute Gasteiger partial charge is 0.151 e. The zero-order chi connectivity index (χ0) is 9.26. The van der Waals surface area contributed by atoms with Crippen LogP contribution in [0.1, 0.15) is 11.3 Å². The molecule has 0 fully saturated rings. The predicted molar refractivity (Wildman–Crippen MR) is 51.8 cm³/mol. The number of rotatable bonds is 1. The molecule has 2 heterocycles. The Morgan fingerprint density at radius 2 is 2.23 bits per heavy atom. The maximum Gasteiger partial charge on any atom is 0.151 e. The molecule has 0 radical (unpaired) electrons. The van der Waals surface area contributed by atoms with E-state index >= 15 is 0 Å². The van der Waals surface area contributed by atoms with Crippen molar-refractivity contribution in [2.45, 2.75) is 13.0 Å². The molecule has 1 aromatic rings. The minimum atomic E-state index is 0.922. The SMILES string of the molecule is CN(C)c1cc2c(nn1)CCNC2. The third-order valence-electron chi connectivity index (χ3n) is 2.26. The summed E-state index contributed by atoms with van der Waals surface area (Å²) in [5.41, 5.74) is 2.43. The van der Waals surface area contributed by atoms with Crippen LogP contribution in [0, 0.1) is 0 Å². The van der Waals surface area contributed by atoms with Crippen LogP contribution in [0.25, 0.3) is 0 Å². The van der Waals surface area contributed by atoms with E-state index in [9.17, 15) is 0 Å². The molecular formula is C9H14N4. The van der Waals surface area contributed by atoms with Crippen molar-refractivity contribution in [3.05, 3.63) is 17.3 Å². The second-order valence-corrected chi connectivity index (χ2v) is 3.50. The molecule has 0 bridgehead atoms. The van der Waals surface area contributed by atoms with Gasteiger partial charge in [-0.2, -0.15) is 5.10 Å². The monoisotopic (exact) mass is 178 g/mol. The highest BCUT2D eigenvalue weighted by molar-refractivity contribution is 5.40. The number of hydrogen-bond acceptors (Lipinski definition) is 4. The minimum absolute atomic E-state index is 0.922. The maximum absolute atomic E-state index is 4.21. The maximum atomic E-state index is 4.21. The van der Waals surface area contributed by atoms with Crippen molar-refractivity contribution >= 4 is 5.82 Å². The zero-order valence-corrected chi connectivity index (χ0v) is 8.04. The van der Waals surface area contributed by atoms with E-state index in [2.05, 4.69) is 21.6 Å². The van der Waals surface area contributed by atoms with E-state index in [1.807, 2.05) is 19.0 Å². The van der Waals surface area contributed by atoms with Crippen molar-refractivity contribution < 1.29 is 0 Å². The van der Waals surface area contributed by atoms with Gasteiger partial charge in [0, 0.05) is 33.6 Å². The molecule has 0 spiro atoms. The molecule has 70 valence electrons. The Kier molecular flexibility index (Phi) is 2.14. The van der Waals surface area contributed by atoms with Gasteiger partial charge in [-0.15, -0.1) is 5.10 Å². The standard InChI is InChI=1S/C9H14N4/c1-13(2)9-5-7-6-10-4-3-8(7)11-12-9/h5,10H,3-4,6H2,1-2H3. The normalized spacial score (nSPS) is 15.2. The Morgan fingerprint density at radius 1 is 1.38 bits per heavy atom. The Morgan fingerprint density at radius 3 is 3.00 bits per heavy atom. The molecule has 4 nitrogen and oxygen atoms in total. The third kappa shape index (κ3) is 1.62. The predicted octanol–water partition coefficient (Wildman–Crippen LogP) is 0.188. The average molecular weight is 178 g/mol. The van der Waals surface area contributed by atoms with E-state index in [1.54, 1.807) is 0 Å². The number of aromatic nitrogens is 2. The highest BCUT2D eigenvalue weighted by Crippen LogP contribution is 2.14. The average Bonchev–Trinajstić information content (AvgIpc) is 2.17. The van der Waals surface area contributed by atoms with Crippen LogP contribution in [0.5, 0.6) is 0 Å². The lowest BCUT2D eigenvalue weighted by Gasteiger charge is -2.18. The number of nitrogens with one attached hydrogen (secondary N) is 1. The quantitative estimate of drug-likeness (QED) is 0.666. The van der Waals surface area contributed by atoms with Crippen LogP contribution < -0.4 is 10.2 Å². The molecule has 0 atom stereocenters. The first-order chi connectivity index (χ1) is 6.27. The highest BCUT2D eigenvalue weighted by Gasteiger charge is 2.11. The van der Waals surface area contributed by atoms with Gasteiger partial charge < -0.3 is 10.2 Å². The summed E-state index contributed by atoms with van der Waals surface area (Å²) in [6, 6.07) is 2.11. The first kappa shape index (κ1) is 8.44. The summed E-state index contributed by atoms with van der Waals surface area (Å²) in [5.74, 6) is 0.933. The summed E-state index contributed by atoms with van der Waals surface area (Å²) in [6.45, 7) is 1.94. The topological polar surface area (TPSA) is 41.1 Å². The van der Waals surface area contributed by atoms with Crippen LogP contribution in [-0.4, -0.2) is 30.8 Å². The van der Waals surface area contributed by atoms with Gasteiger partial charge in [-0.1, -0.05) is 0 Å². The molecule has 0 saturated carbocycles. The molecular weight excluding hydrogens is 164 g/mol. The summed E-state index contributed by atoms with van der Waals surface area (Å²) >= 11 is 0. The van der Waals surface area contributed by atoms with E-state index < -0.39 is 0 Å². The lowest BCUT2D eigenvalue weighted by atomic mass is 10.1. The molecule has 1 aliphatic heterocycles. The Hall–Kier alpha value is -1.16. The van der Waals surface area contributed by atoms with Crippen LogP contribution in [0.2, 0.25) is 0 Å². The Bertz CT molecular complexity index is 308. The summed E-state index contributed by atoms with van der Waals surface area (Å²) in [7, 11) is 3.96. The van der Waals surface area contributed by atoms with E-state index in [-0.39, 0.29) is 0 Å². The molecule has 13 heavy (non-hydrogen) atoms. The second-order valence-electron chi connectivity index (χ2n) is 3.50. The van der Waals surface area contributed by atoms with Crippen LogP contribution in [0.3, 0.4) is 0 Å². The molecule has 2 rings (SSSR count). The van der Waals surface area contributed by atoms with Crippen molar-refractivity contribution in [3.63, 3.8) is 0 Å². The molecule has 0 aromatic carbocycles. The summed E-state index contributed by atoms with van der Waals surface area (Å²) < 4.78 is 0. The van der Waals surface area contributed by atoms with E-state index in [0.29, 0.717) is 0 Å². The van der Waals surface area contributed by atoms with Gasteiger partial charge >= 0.3 is 0 Å². The van der Waals surface area contributed by atoms with Gasteiger partial charge in [0.25, 0.3) is 0 Å². The fourth-order valence-corrected chi connectivity index (χ4v) is 1.46. The van der Waals surface area contributed by atoms with Crippen molar-refractivity contribution in [2.75, 3.05) is 25.5 Å². The van der Waals surface area contributed by atoms with Gasteiger partial charge in [0.05, 0.1) is 5.69 Å². The number of anilines is 1. The molecule has 0 aliphatic carbocycles. The molecule has 1 aromatic heterocycles. The Labute approximate surface area is 78.0 Å². The first-order valence-corrected chi connectivity index (χ1v) is 4.51. The lowest BCUT2D eigenvalue weighted by molar-refractivity contribution is 0.620. The van der Waals surface area contributed by atoms with Crippen LogP contribution in [-0.2, 0) is 13.0 Å². The van der Waals surface area contributed by atoms with Crippen molar-refractivity contribution in [1.82, 2.24) is 15.5 Å². The summed E-state index contributed by atoms with van der Waals surface area (Å²) in [6.07, 6.45) is 0.996. The molecule has 0 unspecified atom stereocenters. The van der Waals surface area contributed by atoms with Crippen molar-refractivity contribution in [1.29, 1.82) is 0 Å². The van der Waals surface area contributed by atoms with Gasteiger partial charge in [0.1, 0.15) is 0 Å². The number of fused-ring (bicyclic) bond motifs is 1. The fraction of sp³-hybridized carbons (Fsp3) is 0.556. The van der Waals surface area contributed by atoms with Crippen molar-refractivity contribution in [3.8, 4) is 0 Å². The lowest BCUT2D eigenvalue weighted by Crippen LogP contribution is -2.25. The fourth-order valence-electron chi connectivity index (χ4n) is 1.46. The Balaban J connectivity index is 2.35. The van der Waals surface area contributed by atoms with Crippen LogP contribution in [0.4, 0.5) is 5.82 Å². The summed E-state index contributed by atoms with van der Waals surface area (Å²) in [5, 5.41) is 11.7. The summed E-state index contributed by atoms with van der Waals surface area (Å²) in [4.78, 5) is 1.97. The number of nitrogens with zero attached hydrogens (tertiary/aromatic N) is 3. The molecule has 0 amide bonds. The van der Waals surface area contributed by atoms with Gasteiger partial charge in [-0.3, -0.25) is 0 Å². The van der Waals surface area contributed by atoms with Crippen molar-refractivity contribution in [2.24, 2.45) is 0 Å². The van der Waals surface area contributed by atoms with E-state index in [1.165, 1.54) is 5.56 Å². The van der Waals surface area contributed by atoms with Gasteiger partial charge in [0.2, 0.25) is 0 Å². The molecule has 1 N–H and O–H groups in total. The molecule has 4 heteroatoms. The molecule has 1 aliphatic rings. The van der Waals surface area contributed by atoms with E-state index in [0.717, 1.165) is 31.0 Å². The van der Waals surface area contributed by atoms with E-state index in [4.69, 9.17) is 0 Å². The van der Waals surface area contributed by atoms with Gasteiger partial charge in [0.15, 0.2) is 5.82 Å². The van der Waals surface area contributed by atoms with Gasteiger partial charge in [-0.05, 0) is 11.6 Å². The largest absolute Gasteiger partial charge is 0.361 e. The van der Waals surface area contributed by atoms with Gasteiger partial charge in [-0.25, -0.2) is 0 Å². The zero-order valence-electron chi connectivity index (χ0n) is 8.04. The minimum Gasteiger partial charge on any atom is -0.361 e. The highest BCUT2D eigenvalue weighted by atomic mass is 15.2. The number of hydrogen-bond donors (Lipinski definition) is 1. The second kappa shape index (κ2) is 3.30. The third-order valence-corrected chi connectivity index (χ3v) is 2.26. The first-order valence-electron chi connectivity index (χ1n) is 4.51.